The van der Waals surface area contributed by atoms with Crippen molar-refractivity contribution in [2.75, 3.05) is 0 Å². The molecule has 0 aromatic heterocycles. The molecule has 3 nitrogen and oxygen atoms in total. The number of carbonyl (C=O) groups is 1. The molecule has 0 aromatic carbocycles. The van der Waals surface area contributed by atoms with Gasteiger partial charge in [-0.3, -0.25) is 5.32 Å². The van der Waals surface area contributed by atoms with Crippen molar-refractivity contribution in [3.8, 4) is 0 Å². The standard InChI is InChI=1S/C14H25NO2/c1-10(2)13(16)17-11(3)15-12-6-8-14(4,5)9-7-12/h11-12,15H,1,6-9H2,2-5H3. The number of esters is 1. The smallest absolute Gasteiger partial charge is 0.334 e. The van der Waals surface area contributed by atoms with Crippen molar-refractivity contribution in [2.45, 2.75) is 65.6 Å². The van der Waals surface area contributed by atoms with Crippen LogP contribution in [-0.2, 0) is 9.53 Å². The zero-order chi connectivity index (χ0) is 13.1. The molecule has 1 unspecified atom stereocenters. The molecule has 0 aliphatic heterocycles. The van der Waals surface area contributed by atoms with E-state index in [9.17, 15) is 4.79 Å². The molecule has 0 bridgehead atoms. The highest BCUT2D eigenvalue weighted by Crippen LogP contribution is 2.35. The lowest BCUT2D eigenvalue weighted by atomic mass is 9.75. The first-order valence-corrected chi connectivity index (χ1v) is 6.43. The summed E-state index contributed by atoms with van der Waals surface area (Å²) >= 11 is 0. The molecule has 0 radical (unpaired) electrons. The van der Waals surface area contributed by atoms with Crippen LogP contribution in [-0.4, -0.2) is 18.2 Å². The number of rotatable bonds is 4. The van der Waals surface area contributed by atoms with Gasteiger partial charge in [0.05, 0.1) is 0 Å². The van der Waals surface area contributed by atoms with Gasteiger partial charge in [-0.2, -0.15) is 0 Å². The first-order valence-electron chi connectivity index (χ1n) is 6.43. The van der Waals surface area contributed by atoms with Gasteiger partial charge in [-0.05, 0) is 44.9 Å². The number of hydrogen-bond donors (Lipinski definition) is 1. The summed E-state index contributed by atoms with van der Waals surface area (Å²) < 4.78 is 5.22. The van der Waals surface area contributed by atoms with Crippen molar-refractivity contribution in [1.29, 1.82) is 0 Å². The number of nitrogens with one attached hydrogen (secondary N) is 1. The lowest BCUT2D eigenvalue weighted by molar-refractivity contribution is -0.145. The molecule has 1 N–H and O–H groups in total. The van der Waals surface area contributed by atoms with Crippen molar-refractivity contribution in [3.63, 3.8) is 0 Å². The van der Waals surface area contributed by atoms with Crippen LogP contribution in [0.15, 0.2) is 12.2 Å². The van der Waals surface area contributed by atoms with E-state index in [1.54, 1.807) is 6.92 Å². The van der Waals surface area contributed by atoms with Gasteiger partial charge in [0, 0.05) is 11.6 Å². The second kappa shape index (κ2) is 5.67. The highest BCUT2D eigenvalue weighted by atomic mass is 16.6. The quantitative estimate of drug-likeness (QED) is 0.465. The average Bonchev–Trinajstić information content (AvgIpc) is 2.21. The van der Waals surface area contributed by atoms with Gasteiger partial charge in [0.2, 0.25) is 0 Å². The highest BCUT2D eigenvalue weighted by Gasteiger charge is 2.27. The normalized spacial score (nSPS) is 21.9. The molecular formula is C14H25NO2. The van der Waals surface area contributed by atoms with Crippen LogP contribution in [0.1, 0.15) is 53.4 Å². The maximum Gasteiger partial charge on any atom is 0.334 e. The predicted molar refractivity (Wildman–Crippen MR) is 69.5 cm³/mol. The van der Waals surface area contributed by atoms with Gasteiger partial charge in [-0.1, -0.05) is 20.4 Å². The molecule has 98 valence electrons. The number of ether oxygens (including phenoxy) is 1. The molecule has 0 aromatic rings. The topological polar surface area (TPSA) is 38.3 Å². The molecule has 0 heterocycles. The van der Waals surface area contributed by atoms with Gasteiger partial charge in [0.25, 0.3) is 0 Å². The van der Waals surface area contributed by atoms with E-state index in [1.165, 1.54) is 12.8 Å². The molecule has 0 saturated heterocycles. The number of hydrogen-bond acceptors (Lipinski definition) is 3. The summed E-state index contributed by atoms with van der Waals surface area (Å²) in [7, 11) is 0. The van der Waals surface area contributed by atoms with E-state index >= 15 is 0 Å². The van der Waals surface area contributed by atoms with E-state index in [0.29, 0.717) is 17.0 Å². The fourth-order valence-corrected chi connectivity index (χ4v) is 2.19. The van der Waals surface area contributed by atoms with Crippen molar-refractivity contribution in [1.82, 2.24) is 5.32 Å². The molecular weight excluding hydrogens is 214 g/mol. The number of carbonyl (C=O) groups excluding carboxylic acids is 1. The largest absolute Gasteiger partial charge is 0.444 e. The molecule has 1 fully saturated rings. The summed E-state index contributed by atoms with van der Waals surface area (Å²) in [4.78, 5) is 11.3. The van der Waals surface area contributed by atoms with Crippen LogP contribution in [0.25, 0.3) is 0 Å². The van der Waals surface area contributed by atoms with Crippen LogP contribution in [0.5, 0.6) is 0 Å². The van der Waals surface area contributed by atoms with Gasteiger partial charge in [-0.15, -0.1) is 0 Å². The summed E-state index contributed by atoms with van der Waals surface area (Å²) in [6.07, 6.45) is 4.53. The van der Waals surface area contributed by atoms with Crippen LogP contribution >= 0.6 is 0 Å². The summed E-state index contributed by atoms with van der Waals surface area (Å²) in [5.74, 6) is -0.318. The van der Waals surface area contributed by atoms with E-state index in [1.807, 2.05) is 6.92 Å². The molecule has 1 saturated carbocycles. The molecule has 1 atom stereocenters. The minimum absolute atomic E-state index is 0.231. The van der Waals surface area contributed by atoms with E-state index in [0.717, 1.165) is 12.8 Å². The predicted octanol–water partition coefficient (Wildman–Crippen LogP) is 3.01. The van der Waals surface area contributed by atoms with Crippen molar-refractivity contribution >= 4 is 5.97 Å². The maximum absolute atomic E-state index is 11.3. The van der Waals surface area contributed by atoms with Crippen LogP contribution in [0.2, 0.25) is 0 Å². The Kier molecular flexibility index (Phi) is 4.75. The molecule has 17 heavy (non-hydrogen) atoms. The zero-order valence-corrected chi connectivity index (χ0v) is 11.5. The molecule has 0 amide bonds. The third-order valence-electron chi connectivity index (χ3n) is 3.44. The molecule has 1 aliphatic carbocycles. The van der Waals surface area contributed by atoms with Crippen molar-refractivity contribution in [2.24, 2.45) is 5.41 Å². The van der Waals surface area contributed by atoms with E-state index in [4.69, 9.17) is 4.74 Å². The van der Waals surface area contributed by atoms with Gasteiger partial charge in [0.15, 0.2) is 6.23 Å². The summed E-state index contributed by atoms with van der Waals surface area (Å²) in [6.45, 7) is 11.7. The summed E-state index contributed by atoms with van der Waals surface area (Å²) in [5, 5.41) is 3.36. The first-order chi connectivity index (χ1) is 7.80. The fraction of sp³-hybridized carbons (Fsp3) is 0.786. The Hall–Kier alpha value is -0.830. The molecule has 3 heteroatoms. The second-order valence-electron chi connectivity index (χ2n) is 5.93. The third-order valence-corrected chi connectivity index (χ3v) is 3.44. The van der Waals surface area contributed by atoms with Gasteiger partial charge in [-0.25, -0.2) is 4.79 Å². The molecule has 0 spiro atoms. The van der Waals surface area contributed by atoms with Crippen LogP contribution in [0.4, 0.5) is 0 Å². The van der Waals surface area contributed by atoms with Gasteiger partial charge in [0.1, 0.15) is 0 Å². The van der Waals surface area contributed by atoms with E-state index in [-0.39, 0.29) is 12.2 Å². The Morgan fingerprint density at radius 2 is 1.94 bits per heavy atom. The lowest BCUT2D eigenvalue weighted by Crippen LogP contribution is -2.42. The minimum Gasteiger partial charge on any atom is -0.444 e. The minimum atomic E-state index is -0.318. The van der Waals surface area contributed by atoms with Gasteiger partial charge < -0.3 is 4.74 Å². The highest BCUT2D eigenvalue weighted by molar-refractivity contribution is 5.87. The monoisotopic (exact) mass is 239 g/mol. The summed E-state index contributed by atoms with van der Waals surface area (Å²) in [5.41, 5.74) is 0.916. The Morgan fingerprint density at radius 3 is 2.41 bits per heavy atom. The van der Waals surface area contributed by atoms with Crippen LogP contribution in [0.3, 0.4) is 0 Å². The molecule has 1 aliphatic rings. The fourth-order valence-electron chi connectivity index (χ4n) is 2.19. The SMILES string of the molecule is C=C(C)C(=O)OC(C)NC1CCC(C)(C)CC1. The van der Waals surface area contributed by atoms with Crippen molar-refractivity contribution in [3.05, 3.63) is 12.2 Å². The first kappa shape index (κ1) is 14.2. The third kappa shape index (κ3) is 4.90. The Morgan fingerprint density at radius 1 is 1.41 bits per heavy atom. The van der Waals surface area contributed by atoms with Crippen LogP contribution < -0.4 is 5.32 Å². The van der Waals surface area contributed by atoms with Crippen LogP contribution in [0, 0.1) is 5.41 Å². The lowest BCUT2D eigenvalue weighted by Gasteiger charge is -2.35. The van der Waals surface area contributed by atoms with Gasteiger partial charge >= 0.3 is 5.97 Å². The Labute approximate surface area is 105 Å². The summed E-state index contributed by atoms with van der Waals surface area (Å²) in [6, 6.07) is 0.468. The van der Waals surface area contributed by atoms with E-state index in [2.05, 4.69) is 25.7 Å². The second-order valence-corrected chi connectivity index (χ2v) is 5.93. The zero-order valence-electron chi connectivity index (χ0n) is 11.5. The van der Waals surface area contributed by atoms with Crippen molar-refractivity contribution < 1.29 is 9.53 Å². The van der Waals surface area contributed by atoms with E-state index < -0.39 is 0 Å². The Balaban J connectivity index is 2.30. The Bertz CT molecular complexity index is 287. The molecule has 1 rings (SSSR count). The average molecular weight is 239 g/mol. The maximum atomic E-state index is 11.3.